The summed E-state index contributed by atoms with van der Waals surface area (Å²) < 4.78 is 1.97. The van der Waals surface area contributed by atoms with Crippen LogP contribution in [0.2, 0.25) is 0 Å². The molecule has 0 N–H and O–H groups in total. The van der Waals surface area contributed by atoms with Crippen molar-refractivity contribution in [1.82, 2.24) is 14.8 Å². The molecule has 2 rings (SSSR count). The van der Waals surface area contributed by atoms with Gasteiger partial charge in [0.1, 0.15) is 5.69 Å². The van der Waals surface area contributed by atoms with E-state index in [4.69, 9.17) is 0 Å². The van der Waals surface area contributed by atoms with Crippen molar-refractivity contribution in [3.63, 3.8) is 0 Å². The van der Waals surface area contributed by atoms with Crippen LogP contribution in [-0.2, 0) is 7.05 Å². The second-order valence-corrected chi connectivity index (χ2v) is 4.51. The maximum Gasteiger partial charge on any atom is 0.162 e. The molecule has 0 unspecified atom stereocenters. The van der Waals surface area contributed by atoms with E-state index in [0.29, 0.717) is 11.3 Å². The molecule has 19 heavy (non-hydrogen) atoms. The molecule has 0 saturated heterocycles. The molecule has 0 aliphatic heterocycles. The van der Waals surface area contributed by atoms with Crippen LogP contribution in [0.3, 0.4) is 0 Å². The highest BCUT2D eigenvalue weighted by Crippen LogP contribution is 2.26. The number of Topliss-reactive ketones (excluding diaryl/α,β-unsaturated/α-hetero) is 1. The Labute approximate surface area is 112 Å². The van der Waals surface area contributed by atoms with Crippen LogP contribution in [0.1, 0.15) is 35.6 Å². The van der Waals surface area contributed by atoms with Gasteiger partial charge in [-0.3, -0.25) is 4.79 Å². The van der Waals surface area contributed by atoms with E-state index in [1.807, 2.05) is 55.8 Å². The van der Waals surface area contributed by atoms with Gasteiger partial charge in [-0.25, -0.2) is 0 Å². The zero-order chi connectivity index (χ0) is 14.0. The lowest BCUT2D eigenvalue weighted by molar-refractivity contribution is 0.101. The summed E-state index contributed by atoms with van der Waals surface area (Å²) in [6, 6.07) is 5.68. The van der Waals surface area contributed by atoms with Gasteiger partial charge in [0.05, 0.1) is 11.4 Å². The summed E-state index contributed by atoms with van der Waals surface area (Å²) in [5.74, 6) is 0.0312. The molecule has 0 fully saturated rings. The predicted octanol–water partition coefficient (Wildman–Crippen LogP) is 3.03. The monoisotopic (exact) mass is 255 g/mol. The maximum absolute atomic E-state index is 11.8. The first-order valence-corrected chi connectivity index (χ1v) is 6.18. The van der Waals surface area contributed by atoms with E-state index in [1.54, 1.807) is 6.92 Å². The summed E-state index contributed by atoms with van der Waals surface area (Å²) in [5, 5.41) is 8.24. The van der Waals surface area contributed by atoms with Crippen LogP contribution >= 0.6 is 0 Å². The van der Waals surface area contributed by atoms with E-state index in [-0.39, 0.29) is 5.78 Å². The van der Waals surface area contributed by atoms with E-state index in [2.05, 4.69) is 10.2 Å². The lowest BCUT2D eigenvalue weighted by Gasteiger charge is -2.06. The zero-order valence-corrected chi connectivity index (χ0v) is 11.6. The molecule has 0 aromatic carbocycles. The van der Waals surface area contributed by atoms with Gasteiger partial charge in [0.15, 0.2) is 5.78 Å². The van der Waals surface area contributed by atoms with Crippen LogP contribution in [0.15, 0.2) is 24.3 Å². The Morgan fingerprint density at radius 1 is 1.32 bits per heavy atom. The number of nitrogens with zero attached hydrogens (tertiary/aromatic N) is 3. The van der Waals surface area contributed by atoms with Gasteiger partial charge in [-0.05, 0) is 45.0 Å². The number of rotatable bonds is 3. The Kier molecular flexibility index (Phi) is 3.60. The molecular formula is C15H17N3O. The third-order valence-corrected chi connectivity index (χ3v) is 3.03. The van der Waals surface area contributed by atoms with Crippen LogP contribution in [0, 0.1) is 6.92 Å². The summed E-state index contributed by atoms with van der Waals surface area (Å²) in [7, 11) is 1.93. The van der Waals surface area contributed by atoms with Crippen molar-refractivity contribution in [2.45, 2.75) is 20.8 Å². The molecule has 0 aliphatic carbocycles. The summed E-state index contributed by atoms with van der Waals surface area (Å²) in [4.78, 5) is 11.8. The van der Waals surface area contributed by atoms with Crippen LogP contribution < -0.4 is 0 Å². The lowest BCUT2D eigenvalue weighted by Crippen LogP contribution is -2.01. The number of carbonyl (C=O) groups excluding carboxylic acids is 1. The molecule has 0 saturated carbocycles. The lowest BCUT2D eigenvalue weighted by atomic mass is 10.1. The summed E-state index contributed by atoms with van der Waals surface area (Å²) in [6.45, 7) is 5.41. The Morgan fingerprint density at radius 2 is 2.05 bits per heavy atom. The molecule has 2 heterocycles. The zero-order valence-electron chi connectivity index (χ0n) is 11.6. The quantitative estimate of drug-likeness (QED) is 0.792. The van der Waals surface area contributed by atoms with Gasteiger partial charge in [-0.15, -0.1) is 5.10 Å². The molecule has 4 nitrogen and oxygen atoms in total. The number of hydrogen-bond acceptors (Lipinski definition) is 3. The van der Waals surface area contributed by atoms with E-state index < -0.39 is 0 Å². The first kappa shape index (κ1) is 13.2. The molecule has 2 aromatic rings. The first-order chi connectivity index (χ1) is 9.04. The number of aromatic nitrogens is 3. The van der Waals surface area contributed by atoms with Crippen molar-refractivity contribution >= 4 is 11.9 Å². The van der Waals surface area contributed by atoms with Crippen molar-refractivity contribution in [2.75, 3.05) is 0 Å². The molecule has 0 atom stereocenters. The van der Waals surface area contributed by atoms with Crippen LogP contribution in [0.4, 0.5) is 0 Å². The molecule has 98 valence electrons. The maximum atomic E-state index is 11.8. The van der Waals surface area contributed by atoms with Gasteiger partial charge in [-0.1, -0.05) is 6.08 Å². The first-order valence-electron chi connectivity index (χ1n) is 6.18. The Morgan fingerprint density at radius 3 is 2.58 bits per heavy atom. The van der Waals surface area contributed by atoms with Crippen LogP contribution in [-0.4, -0.2) is 20.5 Å². The van der Waals surface area contributed by atoms with Gasteiger partial charge in [-0.2, -0.15) is 5.10 Å². The molecule has 0 spiro atoms. The van der Waals surface area contributed by atoms with Crippen molar-refractivity contribution < 1.29 is 4.79 Å². The molecular weight excluding hydrogens is 238 g/mol. The molecule has 0 aliphatic rings. The average Bonchev–Trinajstić information content (AvgIpc) is 2.69. The Hall–Kier alpha value is -2.23. The minimum atomic E-state index is 0.0312. The third kappa shape index (κ3) is 2.47. The average molecular weight is 255 g/mol. The molecule has 4 heteroatoms. The SMILES string of the molecule is C/C=C\c1cc(C(C)=O)c(-c2ccc(C)nn2)n1C. The standard InChI is InChI=1S/C15H17N3O/c1-5-6-12-9-13(11(3)19)15(18(12)4)14-8-7-10(2)16-17-14/h5-9H,1-4H3/b6-5-. The smallest absolute Gasteiger partial charge is 0.162 e. The normalized spacial score (nSPS) is 11.2. The summed E-state index contributed by atoms with van der Waals surface area (Å²) >= 11 is 0. The molecule has 0 bridgehead atoms. The Balaban J connectivity index is 2.66. The Bertz CT molecular complexity index is 636. The fourth-order valence-corrected chi connectivity index (χ4v) is 2.06. The van der Waals surface area contributed by atoms with Gasteiger partial charge < -0.3 is 4.57 Å². The number of hydrogen-bond donors (Lipinski definition) is 0. The molecule has 0 amide bonds. The number of aryl methyl sites for hydroxylation is 1. The van der Waals surface area contributed by atoms with E-state index in [1.165, 1.54) is 0 Å². The van der Waals surface area contributed by atoms with Crippen LogP contribution in [0.25, 0.3) is 17.5 Å². The highest BCUT2D eigenvalue weighted by atomic mass is 16.1. The number of allylic oxidation sites excluding steroid dienone is 1. The van der Waals surface area contributed by atoms with Gasteiger partial charge in [0.2, 0.25) is 0 Å². The fraction of sp³-hybridized carbons (Fsp3) is 0.267. The van der Waals surface area contributed by atoms with Gasteiger partial charge >= 0.3 is 0 Å². The molecule has 2 aromatic heterocycles. The van der Waals surface area contributed by atoms with E-state index >= 15 is 0 Å². The second-order valence-electron chi connectivity index (χ2n) is 4.51. The summed E-state index contributed by atoms with van der Waals surface area (Å²) in [5.41, 5.74) is 4.04. The number of ketones is 1. The van der Waals surface area contributed by atoms with Gasteiger partial charge in [0, 0.05) is 18.3 Å². The topological polar surface area (TPSA) is 47.8 Å². The van der Waals surface area contributed by atoms with E-state index in [0.717, 1.165) is 17.1 Å². The van der Waals surface area contributed by atoms with Crippen molar-refractivity contribution in [2.24, 2.45) is 7.05 Å². The molecule has 0 radical (unpaired) electrons. The van der Waals surface area contributed by atoms with Crippen molar-refractivity contribution in [3.8, 4) is 11.4 Å². The minimum Gasteiger partial charge on any atom is -0.342 e. The third-order valence-electron chi connectivity index (χ3n) is 3.03. The van der Waals surface area contributed by atoms with Crippen molar-refractivity contribution in [3.05, 3.63) is 41.2 Å². The fourth-order valence-electron chi connectivity index (χ4n) is 2.06. The van der Waals surface area contributed by atoms with Gasteiger partial charge in [0.25, 0.3) is 0 Å². The van der Waals surface area contributed by atoms with Crippen LogP contribution in [0.5, 0.6) is 0 Å². The minimum absolute atomic E-state index is 0.0312. The summed E-state index contributed by atoms with van der Waals surface area (Å²) in [6.07, 6.45) is 3.92. The highest BCUT2D eigenvalue weighted by molar-refractivity contribution is 6.00. The second kappa shape index (κ2) is 5.18. The largest absolute Gasteiger partial charge is 0.342 e. The highest BCUT2D eigenvalue weighted by Gasteiger charge is 2.17. The predicted molar refractivity (Wildman–Crippen MR) is 75.9 cm³/mol. The number of carbonyl (C=O) groups is 1. The van der Waals surface area contributed by atoms with Crippen molar-refractivity contribution in [1.29, 1.82) is 0 Å². The van der Waals surface area contributed by atoms with E-state index in [9.17, 15) is 4.79 Å².